The molecule has 0 spiro atoms. The number of carbonyl (C=O) groups excluding carboxylic acids is 1. The van der Waals surface area contributed by atoms with E-state index in [4.69, 9.17) is 4.74 Å². The minimum Gasteiger partial charge on any atom is -0.489 e. The molecule has 4 nitrogen and oxygen atoms in total. The lowest BCUT2D eigenvalue weighted by molar-refractivity contribution is 0.0788. The monoisotopic (exact) mass is 400 g/mol. The van der Waals surface area contributed by atoms with Gasteiger partial charge in [-0.2, -0.15) is 0 Å². The van der Waals surface area contributed by atoms with E-state index >= 15 is 0 Å². The standard InChI is InChI=1S/C21H18F2N2O2S/c22-16-9-14(10-17(23)11-16)12-27-18-5-3-15(4-6-18)20-24-19(13-28-20)21(26)25-7-1-2-8-25/h3-6,9-11,13H,1-2,7-8,12H2. The van der Waals surface area contributed by atoms with Crippen molar-refractivity contribution in [1.82, 2.24) is 9.88 Å². The average Bonchev–Trinajstić information content (AvgIpc) is 3.38. The zero-order valence-corrected chi connectivity index (χ0v) is 15.8. The fraction of sp³-hybridized carbons (Fsp3) is 0.238. The van der Waals surface area contributed by atoms with Gasteiger partial charge in [-0.1, -0.05) is 0 Å². The molecule has 0 unspecified atom stereocenters. The number of thiazole rings is 1. The molecule has 0 atom stereocenters. The summed E-state index contributed by atoms with van der Waals surface area (Å²) in [6.45, 7) is 1.67. The van der Waals surface area contributed by atoms with Crippen molar-refractivity contribution >= 4 is 17.2 Å². The minimum atomic E-state index is -0.628. The quantitative estimate of drug-likeness (QED) is 0.612. The van der Waals surface area contributed by atoms with Gasteiger partial charge >= 0.3 is 0 Å². The van der Waals surface area contributed by atoms with Crippen LogP contribution in [0.25, 0.3) is 10.6 Å². The number of rotatable bonds is 5. The topological polar surface area (TPSA) is 42.4 Å². The van der Waals surface area contributed by atoms with E-state index in [0.717, 1.165) is 42.6 Å². The molecule has 1 amide bonds. The fourth-order valence-corrected chi connectivity index (χ4v) is 3.94. The molecule has 0 saturated carbocycles. The van der Waals surface area contributed by atoms with Crippen LogP contribution in [-0.2, 0) is 6.61 Å². The number of ether oxygens (including phenoxy) is 1. The highest BCUT2D eigenvalue weighted by atomic mass is 32.1. The van der Waals surface area contributed by atoms with Gasteiger partial charge < -0.3 is 9.64 Å². The summed E-state index contributed by atoms with van der Waals surface area (Å²) in [5.74, 6) is -0.686. The Kier molecular flexibility index (Phi) is 5.34. The van der Waals surface area contributed by atoms with Crippen molar-refractivity contribution in [1.29, 1.82) is 0 Å². The summed E-state index contributed by atoms with van der Waals surface area (Å²) >= 11 is 1.43. The molecule has 0 radical (unpaired) electrons. The highest BCUT2D eigenvalue weighted by Crippen LogP contribution is 2.27. The van der Waals surface area contributed by atoms with Crippen molar-refractivity contribution < 1.29 is 18.3 Å². The third-order valence-electron chi connectivity index (χ3n) is 4.55. The first-order valence-electron chi connectivity index (χ1n) is 9.01. The van der Waals surface area contributed by atoms with E-state index < -0.39 is 11.6 Å². The van der Waals surface area contributed by atoms with Crippen LogP contribution in [0.1, 0.15) is 28.9 Å². The Morgan fingerprint density at radius 2 is 1.75 bits per heavy atom. The second kappa shape index (κ2) is 8.06. The Bertz CT molecular complexity index is 962. The number of likely N-dealkylation sites (tertiary alicyclic amines) is 1. The molecule has 0 bridgehead atoms. The maximum Gasteiger partial charge on any atom is 0.273 e. The van der Waals surface area contributed by atoms with Gasteiger partial charge in [0.15, 0.2) is 0 Å². The first-order chi connectivity index (χ1) is 13.6. The zero-order valence-electron chi connectivity index (χ0n) is 15.0. The molecule has 1 saturated heterocycles. The lowest BCUT2D eigenvalue weighted by Gasteiger charge is -2.12. The molecule has 2 heterocycles. The maximum atomic E-state index is 13.2. The van der Waals surface area contributed by atoms with Crippen LogP contribution in [0, 0.1) is 11.6 Å². The number of hydrogen-bond donors (Lipinski definition) is 0. The third kappa shape index (κ3) is 4.20. The Morgan fingerprint density at radius 3 is 2.43 bits per heavy atom. The molecule has 1 aromatic heterocycles. The van der Waals surface area contributed by atoms with Crippen LogP contribution in [0.4, 0.5) is 8.78 Å². The molecule has 1 aliphatic heterocycles. The molecule has 2 aromatic carbocycles. The van der Waals surface area contributed by atoms with Crippen molar-refractivity contribution in [2.24, 2.45) is 0 Å². The van der Waals surface area contributed by atoms with Gasteiger partial charge in [-0.15, -0.1) is 11.3 Å². The zero-order chi connectivity index (χ0) is 19.5. The van der Waals surface area contributed by atoms with Gasteiger partial charge in [-0.3, -0.25) is 4.79 Å². The summed E-state index contributed by atoms with van der Waals surface area (Å²) in [4.78, 5) is 18.7. The number of halogens is 2. The Balaban J connectivity index is 1.41. The van der Waals surface area contributed by atoms with Gasteiger partial charge in [0.2, 0.25) is 0 Å². The van der Waals surface area contributed by atoms with E-state index in [1.54, 1.807) is 17.5 Å². The van der Waals surface area contributed by atoms with E-state index in [2.05, 4.69) is 4.98 Å². The first-order valence-corrected chi connectivity index (χ1v) is 9.89. The van der Waals surface area contributed by atoms with E-state index in [0.29, 0.717) is 17.0 Å². The summed E-state index contributed by atoms with van der Waals surface area (Å²) in [6, 6.07) is 10.6. The van der Waals surface area contributed by atoms with Crippen molar-refractivity contribution in [3.05, 3.63) is 70.7 Å². The number of nitrogens with zero attached hydrogens (tertiary/aromatic N) is 2. The van der Waals surface area contributed by atoms with Gasteiger partial charge in [0.1, 0.15) is 34.7 Å². The van der Waals surface area contributed by atoms with E-state index in [-0.39, 0.29) is 12.5 Å². The molecule has 1 aliphatic rings. The van der Waals surface area contributed by atoms with Gasteiger partial charge in [0.25, 0.3) is 5.91 Å². The van der Waals surface area contributed by atoms with Gasteiger partial charge in [-0.25, -0.2) is 13.8 Å². The predicted molar refractivity (Wildman–Crippen MR) is 103 cm³/mol. The molecule has 3 aromatic rings. The number of aromatic nitrogens is 1. The number of carbonyl (C=O) groups is 1. The Morgan fingerprint density at radius 1 is 1.07 bits per heavy atom. The third-order valence-corrected chi connectivity index (χ3v) is 5.44. The van der Waals surface area contributed by atoms with Crippen molar-refractivity contribution in [3.63, 3.8) is 0 Å². The molecule has 0 aliphatic carbocycles. The summed E-state index contributed by atoms with van der Waals surface area (Å²) in [5, 5.41) is 2.56. The maximum absolute atomic E-state index is 13.2. The molecule has 1 fully saturated rings. The van der Waals surface area contributed by atoms with Crippen LogP contribution in [0.15, 0.2) is 47.8 Å². The van der Waals surface area contributed by atoms with Crippen molar-refractivity contribution in [2.45, 2.75) is 19.4 Å². The van der Waals surface area contributed by atoms with Crippen LogP contribution < -0.4 is 4.74 Å². The van der Waals surface area contributed by atoms with Gasteiger partial charge in [-0.05, 0) is 54.8 Å². The Hall–Kier alpha value is -2.80. The fourth-order valence-electron chi connectivity index (χ4n) is 3.14. The highest BCUT2D eigenvalue weighted by molar-refractivity contribution is 7.13. The summed E-state index contributed by atoms with van der Waals surface area (Å²) in [5.41, 5.74) is 1.79. The second-order valence-electron chi connectivity index (χ2n) is 6.63. The van der Waals surface area contributed by atoms with Crippen molar-refractivity contribution in [2.75, 3.05) is 13.1 Å². The number of benzene rings is 2. The summed E-state index contributed by atoms with van der Waals surface area (Å²) in [6.07, 6.45) is 2.10. The molecule has 28 heavy (non-hydrogen) atoms. The molecule has 4 rings (SSSR count). The van der Waals surface area contributed by atoms with E-state index in [1.165, 1.54) is 23.5 Å². The predicted octanol–water partition coefficient (Wildman–Crippen LogP) is 4.90. The molecular formula is C21H18F2N2O2S. The van der Waals surface area contributed by atoms with E-state index in [1.807, 2.05) is 17.0 Å². The largest absolute Gasteiger partial charge is 0.489 e. The molecule has 144 valence electrons. The van der Waals surface area contributed by atoms with Gasteiger partial charge in [0.05, 0.1) is 0 Å². The van der Waals surface area contributed by atoms with Crippen LogP contribution in [0.5, 0.6) is 5.75 Å². The number of amides is 1. The molecular weight excluding hydrogens is 382 g/mol. The normalized spacial score (nSPS) is 13.7. The summed E-state index contributed by atoms with van der Waals surface area (Å²) < 4.78 is 32.0. The SMILES string of the molecule is O=C(c1csc(-c2ccc(OCc3cc(F)cc(F)c3)cc2)n1)N1CCCC1. The lowest BCUT2D eigenvalue weighted by Crippen LogP contribution is -2.27. The van der Waals surface area contributed by atoms with Crippen LogP contribution in [0.3, 0.4) is 0 Å². The van der Waals surface area contributed by atoms with Crippen LogP contribution in [0.2, 0.25) is 0 Å². The van der Waals surface area contributed by atoms with Gasteiger partial charge in [0, 0.05) is 30.1 Å². The number of hydrogen-bond acceptors (Lipinski definition) is 4. The molecule has 7 heteroatoms. The van der Waals surface area contributed by atoms with Crippen LogP contribution >= 0.6 is 11.3 Å². The first kappa shape index (κ1) is 18.6. The highest BCUT2D eigenvalue weighted by Gasteiger charge is 2.21. The minimum absolute atomic E-state index is 0.0118. The second-order valence-corrected chi connectivity index (χ2v) is 7.49. The smallest absolute Gasteiger partial charge is 0.273 e. The van der Waals surface area contributed by atoms with Crippen molar-refractivity contribution in [3.8, 4) is 16.3 Å². The summed E-state index contributed by atoms with van der Waals surface area (Å²) in [7, 11) is 0. The average molecular weight is 400 g/mol. The van der Waals surface area contributed by atoms with Crippen LogP contribution in [-0.4, -0.2) is 28.9 Å². The lowest BCUT2D eigenvalue weighted by atomic mass is 10.2. The Labute approximate surface area is 165 Å². The van der Waals surface area contributed by atoms with E-state index in [9.17, 15) is 13.6 Å². The molecule has 0 N–H and O–H groups in total.